The number of nitrogens with zero attached hydrogens (tertiary/aromatic N) is 4. The molecule has 2 aliphatic rings. The predicted octanol–water partition coefficient (Wildman–Crippen LogP) is 2.93. The van der Waals surface area contributed by atoms with E-state index in [-0.39, 0.29) is 5.41 Å². The van der Waals surface area contributed by atoms with Crippen molar-refractivity contribution < 1.29 is 4.79 Å². The van der Waals surface area contributed by atoms with Gasteiger partial charge in [0.05, 0.1) is 11.6 Å². The van der Waals surface area contributed by atoms with E-state index < -0.39 is 0 Å². The Balaban J connectivity index is 1.37. The third-order valence-electron chi connectivity index (χ3n) is 5.79. The molecule has 1 atom stereocenters. The molecule has 0 radical (unpaired) electrons. The van der Waals surface area contributed by atoms with Gasteiger partial charge in [-0.1, -0.05) is 30.3 Å². The van der Waals surface area contributed by atoms with Gasteiger partial charge in [0.15, 0.2) is 0 Å². The van der Waals surface area contributed by atoms with Crippen LogP contribution in [0, 0.1) is 5.41 Å². The van der Waals surface area contributed by atoms with Crippen LogP contribution in [0.2, 0.25) is 0 Å². The number of piperidine rings is 1. The van der Waals surface area contributed by atoms with Gasteiger partial charge in [-0.15, -0.1) is 0 Å². The molecule has 0 saturated carbocycles. The second kappa shape index (κ2) is 7.44. The SMILES string of the molecule is O=C1N(CCCc2ccccc2)CCC[C@@]12CCN(c1cnccn1)C2. The topological polar surface area (TPSA) is 49.3 Å². The smallest absolute Gasteiger partial charge is 0.230 e. The molecule has 2 saturated heterocycles. The van der Waals surface area contributed by atoms with Crippen molar-refractivity contribution in [3.8, 4) is 0 Å². The molecule has 3 heterocycles. The van der Waals surface area contributed by atoms with Gasteiger partial charge in [-0.3, -0.25) is 9.78 Å². The average molecular weight is 350 g/mol. The van der Waals surface area contributed by atoms with E-state index in [1.54, 1.807) is 18.6 Å². The van der Waals surface area contributed by atoms with E-state index in [0.717, 1.165) is 64.1 Å². The molecule has 1 amide bonds. The zero-order chi connectivity index (χ0) is 17.8. The van der Waals surface area contributed by atoms with Crippen molar-refractivity contribution in [3.63, 3.8) is 0 Å². The van der Waals surface area contributed by atoms with Crippen molar-refractivity contribution in [3.05, 3.63) is 54.5 Å². The van der Waals surface area contributed by atoms with Crippen molar-refractivity contribution in [1.29, 1.82) is 0 Å². The molecular formula is C21H26N4O. The highest BCUT2D eigenvalue weighted by atomic mass is 16.2. The zero-order valence-corrected chi connectivity index (χ0v) is 15.2. The number of carbonyl (C=O) groups is 1. The summed E-state index contributed by atoms with van der Waals surface area (Å²) >= 11 is 0. The summed E-state index contributed by atoms with van der Waals surface area (Å²) in [6.07, 6.45) is 10.3. The standard InChI is InChI=1S/C21H26N4O/c26-20-21(10-15-25(17-21)19-16-22-11-12-23-19)9-5-14-24(20)13-4-8-18-6-2-1-3-7-18/h1-3,6-7,11-12,16H,4-5,8-10,13-15,17H2/t21-/m0/s1. The highest BCUT2D eigenvalue weighted by molar-refractivity contribution is 5.85. The molecule has 1 aromatic heterocycles. The van der Waals surface area contributed by atoms with Crippen LogP contribution in [-0.4, -0.2) is 47.0 Å². The molecule has 2 aromatic rings. The van der Waals surface area contributed by atoms with Gasteiger partial charge in [0, 0.05) is 38.6 Å². The summed E-state index contributed by atoms with van der Waals surface area (Å²) in [7, 11) is 0. The van der Waals surface area contributed by atoms with E-state index >= 15 is 0 Å². The summed E-state index contributed by atoms with van der Waals surface area (Å²) in [5.74, 6) is 1.24. The third-order valence-corrected chi connectivity index (χ3v) is 5.79. The lowest BCUT2D eigenvalue weighted by Gasteiger charge is -2.39. The van der Waals surface area contributed by atoms with Crippen LogP contribution < -0.4 is 4.90 Å². The van der Waals surface area contributed by atoms with Gasteiger partial charge in [-0.2, -0.15) is 0 Å². The molecule has 1 aromatic carbocycles. The largest absolute Gasteiger partial charge is 0.354 e. The molecule has 4 rings (SSSR count). The number of anilines is 1. The summed E-state index contributed by atoms with van der Waals surface area (Å²) in [5, 5.41) is 0. The fourth-order valence-electron chi connectivity index (χ4n) is 4.39. The van der Waals surface area contributed by atoms with Crippen molar-refractivity contribution in [2.75, 3.05) is 31.1 Å². The third kappa shape index (κ3) is 3.43. The number of rotatable bonds is 5. The lowest BCUT2D eigenvalue weighted by molar-refractivity contribution is -0.145. The lowest BCUT2D eigenvalue weighted by atomic mass is 9.78. The second-order valence-electron chi connectivity index (χ2n) is 7.50. The van der Waals surface area contributed by atoms with Crippen LogP contribution >= 0.6 is 0 Å². The Morgan fingerprint density at radius 3 is 2.77 bits per heavy atom. The maximum absolute atomic E-state index is 13.2. The molecule has 2 fully saturated rings. The molecular weight excluding hydrogens is 324 g/mol. The maximum Gasteiger partial charge on any atom is 0.230 e. The van der Waals surface area contributed by atoms with E-state index in [4.69, 9.17) is 0 Å². The molecule has 136 valence electrons. The molecule has 0 unspecified atom stereocenters. The first-order chi connectivity index (χ1) is 12.8. The Labute approximate surface area is 155 Å². The fraction of sp³-hybridized carbons (Fsp3) is 0.476. The number of hydrogen-bond donors (Lipinski definition) is 0. The van der Waals surface area contributed by atoms with Crippen LogP contribution in [0.1, 0.15) is 31.2 Å². The summed E-state index contributed by atoms with van der Waals surface area (Å²) in [5.41, 5.74) is 1.13. The van der Waals surface area contributed by atoms with Crippen molar-refractivity contribution in [2.45, 2.75) is 32.1 Å². The monoisotopic (exact) mass is 350 g/mol. The van der Waals surface area contributed by atoms with Crippen molar-refractivity contribution >= 4 is 11.7 Å². The molecule has 0 N–H and O–H groups in total. The van der Waals surface area contributed by atoms with Gasteiger partial charge in [-0.05, 0) is 37.7 Å². The normalized spacial score (nSPS) is 23.0. The summed E-state index contributed by atoms with van der Waals surface area (Å²) in [6, 6.07) is 10.5. The number of hydrogen-bond acceptors (Lipinski definition) is 4. The average Bonchev–Trinajstić information content (AvgIpc) is 3.12. The first-order valence-corrected chi connectivity index (χ1v) is 9.61. The van der Waals surface area contributed by atoms with Gasteiger partial charge < -0.3 is 9.80 Å². The Hall–Kier alpha value is -2.43. The van der Waals surface area contributed by atoms with Crippen molar-refractivity contribution in [2.24, 2.45) is 5.41 Å². The Morgan fingerprint density at radius 1 is 1.08 bits per heavy atom. The van der Waals surface area contributed by atoms with E-state index in [1.165, 1.54) is 5.56 Å². The summed E-state index contributed by atoms with van der Waals surface area (Å²) in [4.78, 5) is 26.1. The molecule has 0 aliphatic carbocycles. The minimum Gasteiger partial charge on any atom is -0.354 e. The van der Waals surface area contributed by atoms with Gasteiger partial charge in [-0.25, -0.2) is 4.98 Å². The van der Waals surface area contributed by atoms with E-state index in [2.05, 4.69) is 44.0 Å². The lowest BCUT2D eigenvalue weighted by Crippen LogP contribution is -2.50. The summed E-state index contributed by atoms with van der Waals surface area (Å²) in [6.45, 7) is 3.43. The second-order valence-corrected chi connectivity index (χ2v) is 7.50. The molecule has 2 aliphatic heterocycles. The highest BCUT2D eigenvalue weighted by Crippen LogP contribution is 2.41. The van der Waals surface area contributed by atoms with Crippen LogP contribution in [0.15, 0.2) is 48.9 Å². The zero-order valence-electron chi connectivity index (χ0n) is 15.2. The van der Waals surface area contributed by atoms with E-state index in [9.17, 15) is 4.79 Å². The Bertz CT molecular complexity index is 736. The van der Waals surface area contributed by atoms with E-state index in [0.29, 0.717) is 5.91 Å². The van der Waals surface area contributed by atoms with Gasteiger partial charge >= 0.3 is 0 Å². The number of amides is 1. The number of aromatic nitrogens is 2. The number of benzene rings is 1. The predicted molar refractivity (Wildman–Crippen MR) is 102 cm³/mol. The number of carbonyl (C=O) groups excluding carboxylic acids is 1. The Kier molecular flexibility index (Phi) is 4.87. The first-order valence-electron chi connectivity index (χ1n) is 9.61. The van der Waals surface area contributed by atoms with Gasteiger partial charge in [0.2, 0.25) is 5.91 Å². The van der Waals surface area contributed by atoms with Crippen LogP contribution in [0.3, 0.4) is 0 Å². The molecule has 0 bridgehead atoms. The maximum atomic E-state index is 13.2. The number of aryl methyl sites for hydroxylation is 1. The molecule has 5 nitrogen and oxygen atoms in total. The molecule has 5 heteroatoms. The van der Waals surface area contributed by atoms with Crippen molar-refractivity contribution in [1.82, 2.24) is 14.9 Å². The first kappa shape index (κ1) is 17.0. The Morgan fingerprint density at radius 2 is 1.96 bits per heavy atom. The highest BCUT2D eigenvalue weighted by Gasteiger charge is 2.48. The minimum absolute atomic E-state index is 0.220. The van der Waals surface area contributed by atoms with Crippen LogP contribution in [0.4, 0.5) is 5.82 Å². The minimum atomic E-state index is -0.220. The summed E-state index contributed by atoms with van der Waals surface area (Å²) < 4.78 is 0. The van der Waals surface area contributed by atoms with Crippen LogP contribution in [-0.2, 0) is 11.2 Å². The quantitative estimate of drug-likeness (QED) is 0.832. The molecule has 26 heavy (non-hydrogen) atoms. The van der Waals surface area contributed by atoms with E-state index in [1.807, 2.05) is 6.07 Å². The van der Waals surface area contributed by atoms with Gasteiger partial charge in [0.1, 0.15) is 5.82 Å². The molecule has 1 spiro atoms. The fourth-order valence-corrected chi connectivity index (χ4v) is 4.39. The van der Waals surface area contributed by atoms with Crippen LogP contribution in [0.5, 0.6) is 0 Å². The number of likely N-dealkylation sites (tertiary alicyclic amines) is 1. The van der Waals surface area contributed by atoms with Crippen LogP contribution in [0.25, 0.3) is 0 Å². The van der Waals surface area contributed by atoms with Gasteiger partial charge in [0.25, 0.3) is 0 Å².